The van der Waals surface area contributed by atoms with Crippen LogP contribution in [0.1, 0.15) is 18.7 Å². The molecule has 1 atom stereocenters. The Morgan fingerprint density at radius 3 is 2.46 bits per heavy atom. The van der Waals surface area contributed by atoms with Gasteiger partial charge in [0.15, 0.2) is 29.4 Å². The summed E-state index contributed by atoms with van der Waals surface area (Å²) >= 11 is 12.5. The molecule has 5 rings (SSSR count). The Hall–Kier alpha value is -3.18. The number of nitrogens with zero attached hydrogens (tertiary/aromatic N) is 5. The molecule has 194 valence electrons. The smallest absolute Gasteiger partial charge is 0.177 e. The molecule has 3 N–H and O–H groups in total. The Balaban J connectivity index is 1.46. The Labute approximate surface area is 223 Å². The maximum absolute atomic E-state index is 15.2. The molecule has 1 saturated heterocycles. The van der Waals surface area contributed by atoms with Gasteiger partial charge in [-0.25, -0.2) is 9.37 Å². The zero-order chi connectivity index (χ0) is 26.5. The summed E-state index contributed by atoms with van der Waals surface area (Å²) in [6.45, 7) is 3.53. The first-order chi connectivity index (χ1) is 17.6. The number of nitrogens with one attached hydrogen (secondary N) is 1. The maximum atomic E-state index is 15.2. The summed E-state index contributed by atoms with van der Waals surface area (Å²) in [5.74, 6) is 0.664. The first kappa shape index (κ1) is 25.5. The van der Waals surface area contributed by atoms with Gasteiger partial charge in [-0.2, -0.15) is 5.10 Å². The third-order valence-corrected chi connectivity index (χ3v) is 7.42. The van der Waals surface area contributed by atoms with Crippen molar-refractivity contribution < 1.29 is 13.9 Å². The molecule has 0 amide bonds. The minimum Gasteiger partial charge on any atom is -0.493 e. The van der Waals surface area contributed by atoms with Crippen molar-refractivity contribution in [2.45, 2.75) is 18.7 Å². The van der Waals surface area contributed by atoms with Crippen LogP contribution in [-0.4, -0.2) is 64.9 Å². The molecule has 1 fully saturated rings. The molecule has 0 saturated carbocycles. The number of hydrogen-bond acceptors (Lipinski definition) is 8. The van der Waals surface area contributed by atoms with Crippen molar-refractivity contribution in [1.29, 1.82) is 0 Å². The zero-order valence-corrected chi connectivity index (χ0v) is 22.2. The van der Waals surface area contributed by atoms with E-state index in [1.54, 1.807) is 18.3 Å². The highest BCUT2D eigenvalue weighted by Gasteiger charge is 2.42. The summed E-state index contributed by atoms with van der Waals surface area (Å²) in [6, 6.07) is 4.89. The number of ether oxygens (including phenoxy) is 2. The van der Waals surface area contributed by atoms with Crippen LogP contribution in [0.3, 0.4) is 0 Å². The second-order valence-electron chi connectivity index (χ2n) is 9.45. The Morgan fingerprint density at radius 1 is 1.14 bits per heavy atom. The van der Waals surface area contributed by atoms with Gasteiger partial charge in [0.1, 0.15) is 5.69 Å². The molecule has 4 heterocycles. The summed E-state index contributed by atoms with van der Waals surface area (Å²) in [6.07, 6.45) is 3.50. The Morgan fingerprint density at radius 2 is 1.84 bits per heavy atom. The molecular formula is C25H26Cl2FN7O2. The van der Waals surface area contributed by atoms with Gasteiger partial charge in [-0.05, 0) is 33.2 Å². The van der Waals surface area contributed by atoms with Crippen molar-refractivity contribution in [3.63, 3.8) is 0 Å². The van der Waals surface area contributed by atoms with Gasteiger partial charge in [0, 0.05) is 54.3 Å². The molecule has 9 nitrogen and oxygen atoms in total. The van der Waals surface area contributed by atoms with Gasteiger partial charge < -0.3 is 19.3 Å². The number of hydrogen-bond donors (Lipinski definition) is 2. The number of likely N-dealkylation sites (N-methyl/N-ethyl adjacent to an activating group) is 1. The lowest BCUT2D eigenvalue weighted by molar-refractivity contribution is 0.132. The van der Waals surface area contributed by atoms with E-state index in [4.69, 9.17) is 38.4 Å². The van der Waals surface area contributed by atoms with E-state index >= 15 is 4.39 Å². The highest BCUT2D eigenvalue weighted by atomic mass is 35.5. The fraction of sp³-hybridized carbons (Fsp3) is 0.320. The summed E-state index contributed by atoms with van der Waals surface area (Å²) in [7, 11) is 5.55. The number of benzene rings is 1. The molecule has 1 aliphatic heterocycles. The molecule has 0 bridgehead atoms. The fourth-order valence-electron chi connectivity index (χ4n) is 4.39. The third kappa shape index (κ3) is 4.54. The van der Waals surface area contributed by atoms with E-state index in [0.29, 0.717) is 58.1 Å². The lowest BCUT2D eigenvalue weighted by Gasteiger charge is -2.52. The van der Waals surface area contributed by atoms with Crippen molar-refractivity contribution in [2.24, 2.45) is 5.73 Å². The second-order valence-corrected chi connectivity index (χ2v) is 10.3. The minimum absolute atomic E-state index is 0.00773. The highest BCUT2D eigenvalue weighted by Crippen LogP contribution is 2.39. The molecule has 37 heavy (non-hydrogen) atoms. The van der Waals surface area contributed by atoms with E-state index in [0.717, 1.165) is 0 Å². The average Bonchev–Trinajstić information content (AvgIpc) is 3.24. The molecule has 3 aromatic heterocycles. The number of rotatable bonds is 7. The molecular weight excluding hydrogens is 520 g/mol. The molecule has 0 unspecified atom stereocenters. The number of methoxy groups -OCH3 is 1. The first-order valence-corrected chi connectivity index (χ1v) is 12.2. The van der Waals surface area contributed by atoms with Crippen LogP contribution in [0.25, 0.3) is 22.2 Å². The molecule has 12 heteroatoms. The van der Waals surface area contributed by atoms with Crippen LogP contribution in [0.15, 0.2) is 36.8 Å². The number of aromatic amines is 1. The van der Waals surface area contributed by atoms with Crippen LogP contribution in [0, 0.1) is 5.82 Å². The van der Waals surface area contributed by atoms with Gasteiger partial charge in [-0.1, -0.05) is 23.2 Å². The molecule has 1 aliphatic rings. The van der Waals surface area contributed by atoms with Crippen LogP contribution >= 0.6 is 23.2 Å². The molecule has 4 aromatic rings. The van der Waals surface area contributed by atoms with Gasteiger partial charge in [-0.3, -0.25) is 15.8 Å². The molecule has 0 spiro atoms. The molecule has 1 aromatic carbocycles. The third-order valence-electron chi connectivity index (χ3n) is 6.81. The van der Waals surface area contributed by atoms with Gasteiger partial charge >= 0.3 is 0 Å². The second kappa shape index (κ2) is 9.60. The van der Waals surface area contributed by atoms with Gasteiger partial charge in [0.05, 0.1) is 28.2 Å². The van der Waals surface area contributed by atoms with Crippen LogP contribution in [-0.2, 0) is 0 Å². The number of aromatic nitrogens is 4. The average molecular weight is 546 g/mol. The normalized spacial score (nSPS) is 15.6. The number of anilines is 1. The van der Waals surface area contributed by atoms with Crippen molar-refractivity contribution in [1.82, 2.24) is 25.1 Å². The molecule has 0 radical (unpaired) electrons. The van der Waals surface area contributed by atoms with Crippen LogP contribution in [0.5, 0.6) is 11.5 Å². The number of halogens is 3. The number of nitrogens with two attached hydrogens (primary N) is 1. The SMILES string of the molecule is COc1cc2[nH]nc(-c3cnc(N4CC(C)(N(C)C)C4)c(F)c3)c2cc1O[C@H](N)c1c(Cl)cncc1Cl. The maximum Gasteiger partial charge on any atom is 0.177 e. The number of fused-ring (bicyclic) bond motifs is 1. The lowest BCUT2D eigenvalue weighted by atomic mass is 9.91. The fourth-order valence-corrected chi connectivity index (χ4v) is 4.97. The summed E-state index contributed by atoms with van der Waals surface area (Å²) < 4.78 is 26.6. The van der Waals surface area contributed by atoms with Gasteiger partial charge in [0.25, 0.3) is 0 Å². The minimum atomic E-state index is -0.993. The number of H-pyrrole nitrogens is 1. The van der Waals surface area contributed by atoms with E-state index in [9.17, 15) is 0 Å². The van der Waals surface area contributed by atoms with E-state index in [1.165, 1.54) is 25.6 Å². The monoisotopic (exact) mass is 545 g/mol. The van der Waals surface area contributed by atoms with E-state index < -0.39 is 12.0 Å². The van der Waals surface area contributed by atoms with Crippen LogP contribution in [0.4, 0.5) is 10.2 Å². The Bertz CT molecular complexity index is 1450. The standard InChI is InChI=1S/C25H26Cl2FN7O2/c1-25(34(2)3)11-35(12-25)24-17(28)5-13(8-31-24)22-14-6-20(19(36-4)7-18(14)32-33-22)37-23(29)21-15(26)9-30-10-16(21)27/h5-10,23H,11-12,29H2,1-4H3,(H,32,33)/t23-/m0/s1. The molecule has 0 aliphatic carbocycles. The van der Waals surface area contributed by atoms with E-state index in [-0.39, 0.29) is 15.6 Å². The number of pyridine rings is 2. The predicted octanol–water partition coefficient (Wildman–Crippen LogP) is 4.65. The van der Waals surface area contributed by atoms with Gasteiger partial charge in [0.2, 0.25) is 0 Å². The largest absolute Gasteiger partial charge is 0.493 e. The summed E-state index contributed by atoms with van der Waals surface area (Å²) in [4.78, 5) is 12.4. The topological polar surface area (TPSA) is 105 Å². The lowest BCUT2D eigenvalue weighted by Crippen LogP contribution is -2.67. The quantitative estimate of drug-likeness (QED) is 0.323. The van der Waals surface area contributed by atoms with Crippen LogP contribution in [0.2, 0.25) is 10.0 Å². The summed E-state index contributed by atoms with van der Waals surface area (Å²) in [5.41, 5.74) is 8.36. The van der Waals surface area contributed by atoms with E-state index in [2.05, 4.69) is 32.0 Å². The van der Waals surface area contributed by atoms with Crippen molar-refractivity contribution in [2.75, 3.05) is 39.2 Å². The first-order valence-electron chi connectivity index (χ1n) is 11.5. The Kier molecular flexibility index (Phi) is 6.61. The predicted molar refractivity (Wildman–Crippen MR) is 142 cm³/mol. The zero-order valence-electron chi connectivity index (χ0n) is 20.7. The van der Waals surface area contributed by atoms with Gasteiger partial charge in [-0.15, -0.1) is 0 Å². The van der Waals surface area contributed by atoms with Crippen molar-refractivity contribution >= 4 is 39.9 Å². The van der Waals surface area contributed by atoms with Crippen molar-refractivity contribution in [3.8, 4) is 22.8 Å². The highest BCUT2D eigenvalue weighted by molar-refractivity contribution is 6.35. The van der Waals surface area contributed by atoms with E-state index in [1.807, 2.05) is 19.0 Å². The van der Waals surface area contributed by atoms with Crippen LogP contribution < -0.4 is 20.1 Å². The van der Waals surface area contributed by atoms with Crippen molar-refractivity contribution in [3.05, 3.63) is 58.2 Å². The summed E-state index contributed by atoms with van der Waals surface area (Å²) in [5, 5.41) is 8.59.